The number of rotatable bonds is 5. The molecule has 0 amide bonds. The Labute approximate surface area is 105 Å². The summed E-state index contributed by atoms with van der Waals surface area (Å²) in [6.07, 6.45) is -3.55. The van der Waals surface area contributed by atoms with E-state index in [4.69, 9.17) is 0 Å². The molecular formula is C13H18F3NO. The van der Waals surface area contributed by atoms with E-state index in [0.717, 1.165) is 18.6 Å². The molecule has 0 radical (unpaired) electrons. The molecule has 1 aromatic carbocycles. The molecular weight excluding hydrogens is 243 g/mol. The largest absolute Gasteiger partial charge is 0.416 e. The zero-order valence-corrected chi connectivity index (χ0v) is 10.5. The highest BCUT2D eigenvalue weighted by atomic mass is 19.4. The third-order valence-corrected chi connectivity index (χ3v) is 2.56. The molecule has 0 aliphatic carbocycles. The zero-order chi connectivity index (χ0) is 13.8. The van der Waals surface area contributed by atoms with Gasteiger partial charge in [-0.25, -0.2) is 0 Å². The van der Waals surface area contributed by atoms with Gasteiger partial charge in [0.05, 0.1) is 12.2 Å². The third kappa shape index (κ3) is 4.56. The van der Waals surface area contributed by atoms with Crippen molar-refractivity contribution in [3.8, 4) is 0 Å². The highest BCUT2D eigenvalue weighted by Gasteiger charge is 2.29. The topological polar surface area (TPSA) is 32.3 Å². The van der Waals surface area contributed by atoms with Crippen LogP contribution in [0, 0.1) is 5.92 Å². The molecule has 2 nitrogen and oxygen atoms in total. The summed E-state index contributed by atoms with van der Waals surface area (Å²) in [6, 6.07) is 4.69. The Kier molecular flexibility index (Phi) is 5.02. The molecule has 0 aromatic heterocycles. The number of nitrogens with one attached hydrogen (secondary N) is 1. The van der Waals surface area contributed by atoms with E-state index in [9.17, 15) is 18.3 Å². The predicted octanol–water partition coefficient (Wildman–Crippen LogP) is 3.52. The van der Waals surface area contributed by atoms with Gasteiger partial charge in [0.1, 0.15) is 0 Å². The van der Waals surface area contributed by atoms with Gasteiger partial charge >= 0.3 is 6.18 Å². The fourth-order valence-electron chi connectivity index (χ4n) is 1.74. The summed E-state index contributed by atoms with van der Waals surface area (Å²) in [4.78, 5) is 0. The monoisotopic (exact) mass is 261 g/mol. The maximum atomic E-state index is 12.4. The second kappa shape index (κ2) is 6.09. The van der Waals surface area contributed by atoms with Crippen LogP contribution < -0.4 is 5.32 Å². The van der Waals surface area contributed by atoms with Crippen molar-refractivity contribution in [3.05, 3.63) is 29.8 Å². The number of benzene rings is 1. The normalized spacial score (nSPS) is 13.7. The fraction of sp³-hybridized carbons (Fsp3) is 0.538. The summed E-state index contributed by atoms with van der Waals surface area (Å²) >= 11 is 0. The first kappa shape index (κ1) is 14.8. The molecule has 0 aliphatic heterocycles. The summed E-state index contributed by atoms with van der Waals surface area (Å²) in [7, 11) is 0. The van der Waals surface area contributed by atoms with E-state index in [1.807, 2.05) is 13.8 Å². The Morgan fingerprint density at radius 2 is 1.72 bits per heavy atom. The van der Waals surface area contributed by atoms with E-state index in [1.165, 1.54) is 12.1 Å². The summed E-state index contributed by atoms with van der Waals surface area (Å²) < 4.78 is 37.1. The van der Waals surface area contributed by atoms with Crippen LogP contribution in [0.3, 0.4) is 0 Å². The van der Waals surface area contributed by atoms with Crippen LogP contribution in [0.2, 0.25) is 0 Å². The van der Waals surface area contributed by atoms with Crippen LogP contribution in [0.4, 0.5) is 18.9 Å². The molecule has 2 N–H and O–H groups in total. The van der Waals surface area contributed by atoms with Crippen molar-refractivity contribution in [1.29, 1.82) is 0 Å². The highest BCUT2D eigenvalue weighted by molar-refractivity contribution is 5.46. The number of aliphatic hydroxyl groups excluding tert-OH is 1. The maximum absolute atomic E-state index is 12.4. The minimum absolute atomic E-state index is 0.0425. The van der Waals surface area contributed by atoms with Crippen molar-refractivity contribution < 1.29 is 18.3 Å². The van der Waals surface area contributed by atoms with Crippen molar-refractivity contribution in [2.45, 2.75) is 32.5 Å². The summed E-state index contributed by atoms with van der Waals surface area (Å²) in [5.41, 5.74) is -0.0832. The molecule has 18 heavy (non-hydrogen) atoms. The smallest absolute Gasteiger partial charge is 0.394 e. The standard InChI is InChI=1S/C13H18F3NO/c1-9(2)7-12(8-18)17-11-5-3-10(4-6-11)13(14,15)16/h3-6,9,12,17-18H,7-8H2,1-2H3. The molecule has 0 fully saturated rings. The number of anilines is 1. The van der Waals surface area contributed by atoms with Crippen LogP contribution in [-0.2, 0) is 6.18 Å². The minimum Gasteiger partial charge on any atom is -0.394 e. The summed E-state index contributed by atoms with van der Waals surface area (Å²) in [5, 5.41) is 12.2. The van der Waals surface area contributed by atoms with E-state index in [-0.39, 0.29) is 12.6 Å². The van der Waals surface area contributed by atoms with E-state index >= 15 is 0 Å². The third-order valence-electron chi connectivity index (χ3n) is 2.56. The van der Waals surface area contributed by atoms with Crippen LogP contribution in [0.1, 0.15) is 25.8 Å². The Morgan fingerprint density at radius 1 is 1.17 bits per heavy atom. The molecule has 0 heterocycles. The van der Waals surface area contributed by atoms with E-state index < -0.39 is 11.7 Å². The van der Waals surface area contributed by atoms with Crippen molar-refractivity contribution in [3.63, 3.8) is 0 Å². The molecule has 5 heteroatoms. The summed E-state index contributed by atoms with van der Waals surface area (Å²) in [5.74, 6) is 0.407. The maximum Gasteiger partial charge on any atom is 0.416 e. The first-order chi connectivity index (χ1) is 8.32. The van der Waals surface area contributed by atoms with Gasteiger partial charge in [-0.05, 0) is 36.6 Å². The Bertz CT molecular complexity index is 359. The van der Waals surface area contributed by atoms with Gasteiger partial charge in [0.25, 0.3) is 0 Å². The first-order valence-electron chi connectivity index (χ1n) is 5.87. The van der Waals surface area contributed by atoms with Crippen molar-refractivity contribution in [1.82, 2.24) is 0 Å². The molecule has 0 saturated carbocycles. The van der Waals surface area contributed by atoms with E-state index in [0.29, 0.717) is 11.6 Å². The van der Waals surface area contributed by atoms with Gasteiger partial charge in [0.2, 0.25) is 0 Å². The second-order valence-electron chi connectivity index (χ2n) is 4.73. The molecule has 0 spiro atoms. The minimum atomic E-state index is -4.31. The summed E-state index contributed by atoms with van der Waals surface area (Å²) in [6.45, 7) is 4.01. The second-order valence-corrected chi connectivity index (χ2v) is 4.73. The predicted molar refractivity (Wildman–Crippen MR) is 65.4 cm³/mol. The molecule has 102 valence electrons. The fourth-order valence-corrected chi connectivity index (χ4v) is 1.74. The lowest BCUT2D eigenvalue weighted by molar-refractivity contribution is -0.137. The molecule has 1 atom stereocenters. The van der Waals surface area contributed by atoms with Gasteiger partial charge in [-0.15, -0.1) is 0 Å². The SMILES string of the molecule is CC(C)CC(CO)Nc1ccc(C(F)(F)F)cc1. The first-order valence-corrected chi connectivity index (χ1v) is 5.87. The van der Waals surface area contributed by atoms with E-state index in [1.54, 1.807) is 0 Å². The lowest BCUT2D eigenvalue weighted by Crippen LogP contribution is -2.25. The van der Waals surface area contributed by atoms with Gasteiger partial charge in [-0.1, -0.05) is 13.8 Å². The number of hydrogen-bond acceptors (Lipinski definition) is 2. The Balaban J connectivity index is 2.68. The number of alkyl halides is 3. The number of aliphatic hydroxyl groups is 1. The number of hydrogen-bond donors (Lipinski definition) is 2. The van der Waals surface area contributed by atoms with Crippen LogP contribution in [-0.4, -0.2) is 17.8 Å². The quantitative estimate of drug-likeness (QED) is 0.850. The molecule has 1 unspecified atom stereocenters. The zero-order valence-electron chi connectivity index (χ0n) is 10.5. The van der Waals surface area contributed by atoms with Crippen LogP contribution in [0.5, 0.6) is 0 Å². The van der Waals surface area contributed by atoms with Gasteiger partial charge < -0.3 is 10.4 Å². The van der Waals surface area contributed by atoms with E-state index in [2.05, 4.69) is 5.32 Å². The van der Waals surface area contributed by atoms with Crippen molar-refractivity contribution >= 4 is 5.69 Å². The van der Waals surface area contributed by atoms with Crippen molar-refractivity contribution in [2.75, 3.05) is 11.9 Å². The van der Waals surface area contributed by atoms with Gasteiger partial charge in [-0.3, -0.25) is 0 Å². The average molecular weight is 261 g/mol. The molecule has 0 aliphatic rings. The van der Waals surface area contributed by atoms with Crippen molar-refractivity contribution in [2.24, 2.45) is 5.92 Å². The van der Waals surface area contributed by atoms with Crippen LogP contribution in [0.25, 0.3) is 0 Å². The molecule has 0 bridgehead atoms. The molecule has 1 aromatic rings. The number of halogens is 3. The van der Waals surface area contributed by atoms with Crippen LogP contribution in [0.15, 0.2) is 24.3 Å². The Hall–Kier alpha value is -1.23. The van der Waals surface area contributed by atoms with Gasteiger partial charge in [0, 0.05) is 11.7 Å². The van der Waals surface area contributed by atoms with Crippen LogP contribution >= 0.6 is 0 Å². The van der Waals surface area contributed by atoms with Gasteiger partial charge in [0.15, 0.2) is 0 Å². The van der Waals surface area contributed by atoms with Gasteiger partial charge in [-0.2, -0.15) is 13.2 Å². The lowest BCUT2D eigenvalue weighted by Gasteiger charge is -2.19. The lowest BCUT2D eigenvalue weighted by atomic mass is 10.0. The Morgan fingerprint density at radius 3 is 2.11 bits per heavy atom. The average Bonchev–Trinajstić information content (AvgIpc) is 2.27. The molecule has 0 saturated heterocycles. The molecule has 1 rings (SSSR count). The highest BCUT2D eigenvalue weighted by Crippen LogP contribution is 2.30.